The molecule has 0 bridgehead atoms. The van der Waals surface area contributed by atoms with Crippen LogP contribution in [0.4, 0.5) is 5.82 Å². The Morgan fingerprint density at radius 2 is 1.84 bits per heavy atom. The molecule has 5 rings (SSSR count). The van der Waals surface area contributed by atoms with Gasteiger partial charge in [-0.1, -0.05) is 12.5 Å². The first-order valence-electron chi connectivity index (χ1n) is 12.1. The summed E-state index contributed by atoms with van der Waals surface area (Å²) in [5, 5.41) is 0. The Morgan fingerprint density at radius 3 is 2.71 bits per heavy atom. The van der Waals surface area contributed by atoms with Crippen molar-refractivity contribution in [2.45, 2.75) is 57.4 Å². The second-order valence-electron chi connectivity index (χ2n) is 9.63. The molecule has 6 nitrogen and oxygen atoms in total. The van der Waals surface area contributed by atoms with Crippen LogP contribution in [0.15, 0.2) is 24.4 Å². The van der Waals surface area contributed by atoms with Gasteiger partial charge in [-0.3, -0.25) is 9.88 Å². The minimum Gasteiger partial charge on any atom is -0.354 e. The van der Waals surface area contributed by atoms with E-state index in [2.05, 4.69) is 46.9 Å². The SMILES string of the molecule is Cc1nc([C@@H]2CCCCN([C@H]3CCCc4cccnc43)C2)cc(N2CCN(C)CC2)n1. The molecular formula is C25H36N6. The van der Waals surface area contributed by atoms with E-state index in [0.717, 1.165) is 44.4 Å². The summed E-state index contributed by atoms with van der Waals surface area (Å²) < 4.78 is 0. The highest BCUT2D eigenvalue weighted by Crippen LogP contribution is 2.37. The van der Waals surface area contributed by atoms with Crippen molar-refractivity contribution in [1.82, 2.24) is 24.8 Å². The van der Waals surface area contributed by atoms with Gasteiger partial charge in [-0.15, -0.1) is 0 Å². The predicted octanol–water partition coefficient (Wildman–Crippen LogP) is 3.58. The van der Waals surface area contributed by atoms with Crippen molar-refractivity contribution < 1.29 is 0 Å². The molecule has 6 heteroatoms. The van der Waals surface area contributed by atoms with E-state index in [-0.39, 0.29) is 0 Å². The van der Waals surface area contributed by atoms with Crippen LogP contribution in [-0.4, -0.2) is 71.1 Å². The molecule has 1 aliphatic carbocycles. The van der Waals surface area contributed by atoms with Crippen LogP contribution in [-0.2, 0) is 6.42 Å². The number of nitrogens with zero attached hydrogens (tertiary/aromatic N) is 6. The molecule has 0 saturated carbocycles. The third-order valence-corrected chi connectivity index (χ3v) is 7.40. The summed E-state index contributed by atoms with van der Waals surface area (Å²) in [4.78, 5) is 22.1. The lowest BCUT2D eigenvalue weighted by Crippen LogP contribution is -2.45. The van der Waals surface area contributed by atoms with Crippen LogP contribution < -0.4 is 4.90 Å². The minimum atomic E-state index is 0.464. The van der Waals surface area contributed by atoms with Crippen LogP contribution in [0.25, 0.3) is 0 Å². The van der Waals surface area contributed by atoms with E-state index in [9.17, 15) is 0 Å². The van der Waals surface area contributed by atoms with Crippen molar-refractivity contribution in [3.05, 3.63) is 47.2 Å². The lowest BCUT2D eigenvalue weighted by atomic mass is 9.90. The summed E-state index contributed by atoms with van der Waals surface area (Å²) in [6, 6.07) is 7.13. The molecule has 0 amide bonds. The Hall–Kier alpha value is -2.05. The third kappa shape index (κ3) is 4.60. The monoisotopic (exact) mass is 420 g/mol. The molecule has 3 aliphatic rings. The molecule has 31 heavy (non-hydrogen) atoms. The minimum absolute atomic E-state index is 0.464. The fourth-order valence-corrected chi connectivity index (χ4v) is 5.62. The summed E-state index contributed by atoms with van der Waals surface area (Å²) in [7, 11) is 2.20. The van der Waals surface area contributed by atoms with Gasteiger partial charge in [0.2, 0.25) is 0 Å². The molecule has 4 heterocycles. The topological polar surface area (TPSA) is 48.4 Å². The predicted molar refractivity (Wildman–Crippen MR) is 125 cm³/mol. The van der Waals surface area contributed by atoms with Gasteiger partial charge in [0.15, 0.2) is 0 Å². The summed E-state index contributed by atoms with van der Waals surface area (Å²) in [5.74, 6) is 2.51. The quantitative estimate of drug-likeness (QED) is 0.756. The summed E-state index contributed by atoms with van der Waals surface area (Å²) in [6.07, 6.45) is 9.41. The summed E-state index contributed by atoms with van der Waals surface area (Å²) >= 11 is 0. The van der Waals surface area contributed by atoms with E-state index in [0.29, 0.717) is 12.0 Å². The number of aryl methyl sites for hydroxylation is 2. The van der Waals surface area contributed by atoms with Crippen LogP contribution in [0.3, 0.4) is 0 Å². The average molecular weight is 421 g/mol. The van der Waals surface area contributed by atoms with Gasteiger partial charge in [-0.05, 0) is 64.3 Å². The molecule has 2 aromatic rings. The third-order valence-electron chi connectivity index (χ3n) is 7.40. The Morgan fingerprint density at radius 1 is 0.968 bits per heavy atom. The maximum Gasteiger partial charge on any atom is 0.132 e. The molecular weight excluding hydrogens is 384 g/mol. The molecule has 0 spiro atoms. The lowest BCUT2D eigenvalue weighted by Gasteiger charge is -2.36. The first-order chi connectivity index (χ1) is 15.2. The first kappa shape index (κ1) is 20.8. The van der Waals surface area contributed by atoms with E-state index in [4.69, 9.17) is 15.0 Å². The molecule has 2 fully saturated rings. The molecule has 0 N–H and O–H groups in total. The fraction of sp³-hybridized carbons (Fsp3) is 0.640. The Labute approximate surface area is 186 Å². The van der Waals surface area contributed by atoms with Crippen molar-refractivity contribution in [2.75, 3.05) is 51.2 Å². The summed E-state index contributed by atoms with van der Waals surface area (Å²) in [5.41, 5.74) is 4.02. The zero-order valence-corrected chi connectivity index (χ0v) is 19.1. The number of hydrogen-bond acceptors (Lipinski definition) is 6. The van der Waals surface area contributed by atoms with Crippen LogP contribution in [0.1, 0.15) is 66.8 Å². The van der Waals surface area contributed by atoms with Crippen molar-refractivity contribution in [3.63, 3.8) is 0 Å². The zero-order valence-electron chi connectivity index (χ0n) is 19.1. The number of anilines is 1. The molecule has 0 radical (unpaired) electrons. The van der Waals surface area contributed by atoms with E-state index in [1.807, 2.05) is 6.20 Å². The van der Waals surface area contributed by atoms with Gasteiger partial charge >= 0.3 is 0 Å². The summed E-state index contributed by atoms with van der Waals surface area (Å²) in [6.45, 7) is 8.61. The highest BCUT2D eigenvalue weighted by atomic mass is 15.3. The van der Waals surface area contributed by atoms with Crippen molar-refractivity contribution in [3.8, 4) is 0 Å². The van der Waals surface area contributed by atoms with Crippen LogP contribution in [0, 0.1) is 6.92 Å². The Kier molecular flexibility index (Phi) is 6.19. The molecule has 2 aromatic heterocycles. The Balaban J connectivity index is 1.38. The normalized spacial score (nSPS) is 25.8. The van der Waals surface area contributed by atoms with Gasteiger partial charge < -0.3 is 9.80 Å². The smallest absolute Gasteiger partial charge is 0.132 e. The number of hydrogen-bond donors (Lipinski definition) is 0. The molecule has 2 aliphatic heterocycles. The van der Waals surface area contributed by atoms with Gasteiger partial charge in [-0.2, -0.15) is 0 Å². The van der Waals surface area contributed by atoms with E-state index >= 15 is 0 Å². The number of rotatable bonds is 3. The largest absolute Gasteiger partial charge is 0.354 e. The van der Waals surface area contributed by atoms with Crippen LogP contribution in [0.2, 0.25) is 0 Å². The second kappa shape index (κ2) is 9.21. The highest BCUT2D eigenvalue weighted by Gasteiger charge is 2.31. The van der Waals surface area contributed by atoms with E-state index in [1.165, 1.54) is 62.0 Å². The molecule has 0 unspecified atom stereocenters. The number of likely N-dealkylation sites (tertiary alicyclic amines) is 1. The molecule has 0 aromatic carbocycles. The van der Waals surface area contributed by atoms with Crippen LogP contribution in [0.5, 0.6) is 0 Å². The van der Waals surface area contributed by atoms with Crippen LogP contribution >= 0.6 is 0 Å². The van der Waals surface area contributed by atoms with Gasteiger partial charge in [0.05, 0.1) is 17.4 Å². The number of fused-ring (bicyclic) bond motifs is 1. The maximum atomic E-state index is 4.94. The molecule has 166 valence electrons. The molecule has 2 atom stereocenters. The zero-order chi connectivity index (χ0) is 21.2. The van der Waals surface area contributed by atoms with Crippen molar-refractivity contribution in [1.29, 1.82) is 0 Å². The van der Waals surface area contributed by atoms with Crippen molar-refractivity contribution >= 4 is 5.82 Å². The van der Waals surface area contributed by atoms with Crippen molar-refractivity contribution in [2.24, 2.45) is 0 Å². The van der Waals surface area contributed by atoms with Gasteiger partial charge in [0.25, 0.3) is 0 Å². The molecule has 2 saturated heterocycles. The highest BCUT2D eigenvalue weighted by molar-refractivity contribution is 5.41. The number of aromatic nitrogens is 3. The van der Waals surface area contributed by atoms with E-state index in [1.54, 1.807) is 0 Å². The average Bonchev–Trinajstić information content (AvgIpc) is 3.05. The van der Waals surface area contributed by atoms with Gasteiger partial charge in [0, 0.05) is 50.9 Å². The fourth-order valence-electron chi connectivity index (χ4n) is 5.62. The van der Waals surface area contributed by atoms with E-state index < -0.39 is 0 Å². The lowest BCUT2D eigenvalue weighted by molar-refractivity contribution is 0.173. The Bertz CT molecular complexity index is 891. The second-order valence-corrected chi connectivity index (χ2v) is 9.63. The first-order valence-corrected chi connectivity index (χ1v) is 12.1. The maximum absolute atomic E-state index is 4.94. The van der Waals surface area contributed by atoms with Gasteiger partial charge in [-0.25, -0.2) is 9.97 Å². The standard InChI is InChI=1S/C25H36N6/c1-19-27-22(17-24(28-19)30-15-13-29(2)14-16-30)21-7-3-4-12-31(18-21)23-10-5-8-20-9-6-11-26-25(20)23/h6,9,11,17,21,23H,3-5,7-8,10,12-16,18H2,1-2H3/t21-,23+/m1/s1. The number of likely N-dealkylation sites (N-methyl/N-ethyl adjacent to an activating group) is 1. The number of pyridine rings is 1. The van der Waals surface area contributed by atoms with Gasteiger partial charge in [0.1, 0.15) is 11.6 Å². The number of piperazine rings is 1.